The number of halogens is 1. The molecule has 0 radical (unpaired) electrons. The Hall–Kier alpha value is -2.36. The highest BCUT2D eigenvalue weighted by Crippen LogP contribution is 2.21. The van der Waals surface area contributed by atoms with Crippen LogP contribution in [0.1, 0.15) is 15.9 Å². The molecule has 4 heteroatoms. The van der Waals surface area contributed by atoms with Crippen molar-refractivity contribution in [3.8, 4) is 11.5 Å². The van der Waals surface area contributed by atoms with Crippen LogP contribution in [0, 0.1) is 5.82 Å². The van der Waals surface area contributed by atoms with E-state index < -0.39 is 5.82 Å². The topological polar surface area (TPSA) is 35.5 Å². The van der Waals surface area contributed by atoms with Crippen LogP contribution in [0.25, 0.3) is 0 Å². The molecule has 0 fully saturated rings. The van der Waals surface area contributed by atoms with E-state index in [0.29, 0.717) is 16.9 Å². The van der Waals surface area contributed by atoms with Gasteiger partial charge in [0.2, 0.25) is 0 Å². The van der Waals surface area contributed by atoms with Gasteiger partial charge in [-0.25, -0.2) is 4.39 Å². The van der Waals surface area contributed by atoms with Crippen LogP contribution >= 0.6 is 0 Å². The van der Waals surface area contributed by atoms with E-state index in [1.807, 2.05) is 0 Å². The van der Waals surface area contributed by atoms with E-state index in [9.17, 15) is 9.18 Å². The van der Waals surface area contributed by atoms with E-state index in [1.54, 1.807) is 43.5 Å². The summed E-state index contributed by atoms with van der Waals surface area (Å²) in [6, 6.07) is 11.5. The lowest BCUT2D eigenvalue weighted by atomic mass is 10.0. The van der Waals surface area contributed by atoms with Crippen molar-refractivity contribution in [1.82, 2.24) is 0 Å². The summed E-state index contributed by atoms with van der Waals surface area (Å²) in [7, 11) is 2.95. The molecule has 2 aromatic carbocycles. The highest BCUT2D eigenvalue weighted by atomic mass is 19.1. The van der Waals surface area contributed by atoms with Gasteiger partial charge in [0.05, 0.1) is 14.2 Å². The van der Waals surface area contributed by atoms with Crippen molar-refractivity contribution in [2.45, 2.75) is 6.42 Å². The van der Waals surface area contributed by atoms with Crippen molar-refractivity contribution in [1.29, 1.82) is 0 Å². The lowest BCUT2D eigenvalue weighted by Crippen LogP contribution is -2.06. The second-order valence-electron chi connectivity index (χ2n) is 4.26. The molecule has 0 aliphatic rings. The summed E-state index contributed by atoms with van der Waals surface area (Å²) in [4.78, 5) is 12.1. The van der Waals surface area contributed by atoms with Crippen molar-refractivity contribution < 1.29 is 18.7 Å². The Bertz CT molecular complexity index is 606. The number of hydrogen-bond acceptors (Lipinski definition) is 3. The average Bonchev–Trinajstić information content (AvgIpc) is 2.49. The van der Waals surface area contributed by atoms with Crippen LogP contribution in [-0.2, 0) is 6.42 Å². The zero-order valence-corrected chi connectivity index (χ0v) is 11.4. The number of ether oxygens (including phenoxy) is 2. The van der Waals surface area contributed by atoms with Crippen LogP contribution in [0.15, 0.2) is 42.5 Å². The number of Topliss-reactive ketones (excluding diaryl/α,β-unsaturated/α-hetero) is 1. The summed E-state index contributed by atoms with van der Waals surface area (Å²) in [6.45, 7) is 0. The lowest BCUT2D eigenvalue weighted by Gasteiger charge is -2.07. The van der Waals surface area contributed by atoms with Gasteiger partial charge in [0.1, 0.15) is 5.75 Å². The zero-order valence-electron chi connectivity index (χ0n) is 11.4. The second-order valence-corrected chi connectivity index (χ2v) is 4.26. The molecule has 0 atom stereocenters. The first-order valence-electron chi connectivity index (χ1n) is 6.14. The largest absolute Gasteiger partial charge is 0.497 e. The molecular weight excluding hydrogens is 259 g/mol. The van der Waals surface area contributed by atoms with E-state index in [2.05, 4.69) is 0 Å². The average molecular weight is 274 g/mol. The molecule has 104 valence electrons. The third-order valence-electron chi connectivity index (χ3n) is 3.03. The molecule has 0 bridgehead atoms. The molecule has 0 aliphatic heterocycles. The minimum Gasteiger partial charge on any atom is -0.497 e. The maximum absolute atomic E-state index is 14.0. The molecule has 0 N–H and O–H groups in total. The van der Waals surface area contributed by atoms with E-state index in [1.165, 1.54) is 13.2 Å². The standard InChI is InChI=1S/C16H15FO3/c1-19-13-8-6-11(7-9-13)14(18)10-12-4-3-5-15(20-2)16(12)17/h3-9H,10H2,1-2H3. The van der Waals surface area contributed by atoms with Gasteiger partial charge >= 0.3 is 0 Å². The highest BCUT2D eigenvalue weighted by molar-refractivity contribution is 5.97. The predicted octanol–water partition coefficient (Wildman–Crippen LogP) is 3.27. The Balaban J connectivity index is 2.18. The summed E-state index contributed by atoms with van der Waals surface area (Å²) >= 11 is 0. The fourth-order valence-corrected chi connectivity index (χ4v) is 1.90. The molecular formula is C16H15FO3. The van der Waals surface area contributed by atoms with Crippen molar-refractivity contribution in [2.24, 2.45) is 0 Å². The number of rotatable bonds is 5. The molecule has 2 aromatic rings. The first kappa shape index (κ1) is 14.1. The summed E-state index contributed by atoms with van der Waals surface area (Å²) in [5.74, 6) is 0.177. The van der Waals surface area contributed by atoms with Gasteiger partial charge in [-0.2, -0.15) is 0 Å². The molecule has 0 aliphatic carbocycles. The zero-order chi connectivity index (χ0) is 14.5. The number of methoxy groups -OCH3 is 2. The van der Waals surface area contributed by atoms with Gasteiger partial charge in [0.15, 0.2) is 17.3 Å². The number of carbonyl (C=O) groups excluding carboxylic acids is 1. The van der Waals surface area contributed by atoms with E-state index >= 15 is 0 Å². The minimum atomic E-state index is -0.489. The lowest BCUT2D eigenvalue weighted by molar-refractivity contribution is 0.0991. The SMILES string of the molecule is COc1ccc(C(=O)Cc2cccc(OC)c2F)cc1. The Kier molecular flexibility index (Phi) is 4.35. The maximum Gasteiger partial charge on any atom is 0.168 e. The summed E-state index contributed by atoms with van der Waals surface area (Å²) < 4.78 is 23.9. The summed E-state index contributed by atoms with van der Waals surface area (Å²) in [5, 5.41) is 0. The molecule has 0 amide bonds. The number of hydrogen-bond donors (Lipinski definition) is 0. The molecule has 0 saturated carbocycles. The van der Waals surface area contributed by atoms with Gasteiger partial charge in [-0.1, -0.05) is 12.1 Å². The van der Waals surface area contributed by atoms with Crippen molar-refractivity contribution >= 4 is 5.78 Å². The molecule has 0 unspecified atom stereocenters. The van der Waals surface area contributed by atoms with Gasteiger partial charge in [-0.05, 0) is 35.9 Å². The van der Waals surface area contributed by atoms with Gasteiger partial charge in [-0.3, -0.25) is 4.79 Å². The number of carbonyl (C=O) groups is 1. The maximum atomic E-state index is 14.0. The van der Waals surface area contributed by atoms with Crippen molar-refractivity contribution in [2.75, 3.05) is 14.2 Å². The Morgan fingerprint density at radius 3 is 2.35 bits per heavy atom. The van der Waals surface area contributed by atoms with Crippen LogP contribution in [0.2, 0.25) is 0 Å². The number of ketones is 1. The molecule has 0 aromatic heterocycles. The predicted molar refractivity (Wildman–Crippen MR) is 74.0 cm³/mol. The van der Waals surface area contributed by atoms with Crippen LogP contribution in [0.3, 0.4) is 0 Å². The van der Waals surface area contributed by atoms with Crippen LogP contribution in [-0.4, -0.2) is 20.0 Å². The van der Waals surface area contributed by atoms with Crippen LogP contribution in [0.5, 0.6) is 11.5 Å². The Morgan fingerprint density at radius 1 is 1.05 bits per heavy atom. The third kappa shape index (κ3) is 2.96. The van der Waals surface area contributed by atoms with Gasteiger partial charge in [0.25, 0.3) is 0 Å². The van der Waals surface area contributed by atoms with E-state index in [4.69, 9.17) is 9.47 Å². The molecule has 0 heterocycles. The first-order chi connectivity index (χ1) is 9.65. The fourth-order valence-electron chi connectivity index (χ4n) is 1.90. The van der Waals surface area contributed by atoms with Crippen molar-refractivity contribution in [3.05, 3.63) is 59.4 Å². The quantitative estimate of drug-likeness (QED) is 0.785. The first-order valence-corrected chi connectivity index (χ1v) is 6.14. The highest BCUT2D eigenvalue weighted by Gasteiger charge is 2.13. The van der Waals surface area contributed by atoms with Gasteiger partial charge in [0, 0.05) is 12.0 Å². The van der Waals surface area contributed by atoms with E-state index in [0.717, 1.165) is 0 Å². The number of benzene rings is 2. The molecule has 0 saturated heterocycles. The summed E-state index contributed by atoms with van der Waals surface area (Å²) in [6.07, 6.45) is -0.00460. The van der Waals surface area contributed by atoms with Crippen LogP contribution in [0.4, 0.5) is 4.39 Å². The molecule has 2 rings (SSSR count). The summed E-state index contributed by atoms with van der Waals surface area (Å²) in [5.41, 5.74) is 0.846. The molecule has 0 spiro atoms. The van der Waals surface area contributed by atoms with Gasteiger partial charge < -0.3 is 9.47 Å². The molecule has 20 heavy (non-hydrogen) atoms. The third-order valence-corrected chi connectivity index (χ3v) is 3.03. The molecule has 3 nitrogen and oxygen atoms in total. The van der Waals surface area contributed by atoms with Gasteiger partial charge in [-0.15, -0.1) is 0 Å². The fraction of sp³-hybridized carbons (Fsp3) is 0.188. The van der Waals surface area contributed by atoms with Crippen LogP contribution < -0.4 is 9.47 Å². The van der Waals surface area contributed by atoms with E-state index in [-0.39, 0.29) is 18.0 Å². The Morgan fingerprint density at radius 2 is 1.75 bits per heavy atom. The normalized spacial score (nSPS) is 10.2. The smallest absolute Gasteiger partial charge is 0.168 e. The van der Waals surface area contributed by atoms with Crippen molar-refractivity contribution in [3.63, 3.8) is 0 Å². The Labute approximate surface area is 117 Å². The minimum absolute atomic E-state index is 0.00460. The second kappa shape index (κ2) is 6.19. The monoisotopic (exact) mass is 274 g/mol.